The van der Waals surface area contributed by atoms with E-state index in [0.717, 1.165) is 15.9 Å². The van der Waals surface area contributed by atoms with Crippen molar-refractivity contribution >= 4 is 27.5 Å². The molecule has 0 fully saturated rings. The number of methoxy groups -OCH3 is 1. The number of hydrogen-bond donors (Lipinski definition) is 1. The van der Waals surface area contributed by atoms with Crippen LogP contribution < -0.4 is 10.5 Å². The molecule has 0 amide bonds. The van der Waals surface area contributed by atoms with Crippen LogP contribution in [-0.2, 0) is 0 Å². The van der Waals surface area contributed by atoms with E-state index in [2.05, 4.69) is 20.9 Å². The van der Waals surface area contributed by atoms with Crippen molar-refractivity contribution < 1.29 is 4.74 Å². The average molecular weight is 271 g/mol. The van der Waals surface area contributed by atoms with Crippen molar-refractivity contribution in [1.29, 1.82) is 0 Å². The Kier molecular flexibility index (Phi) is 4.15. The van der Waals surface area contributed by atoms with Crippen LogP contribution in [0.25, 0.3) is 0 Å². The molecule has 1 rings (SSSR count). The van der Waals surface area contributed by atoms with Crippen molar-refractivity contribution in [2.45, 2.75) is 13.8 Å². The van der Waals surface area contributed by atoms with Gasteiger partial charge >= 0.3 is 0 Å². The van der Waals surface area contributed by atoms with Gasteiger partial charge in [0, 0.05) is 5.92 Å². The first kappa shape index (κ1) is 12.0. The van der Waals surface area contributed by atoms with E-state index in [1.54, 1.807) is 7.11 Å². The van der Waals surface area contributed by atoms with Gasteiger partial charge in [0.25, 0.3) is 0 Å². The van der Waals surface area contributed by atoms with Gasteiger partial charge in [0.15, 0.2) is 0 Å². The third-order valence-electron chi connectivity index (χ3n) is 1.99. The Morgan fingerprint density at radius 2 is 2.13 bits per heavy atom. The normalized spacial score (nSPS) is 11.9. The van der Waals surface area contributed by atoms with Crippen LogP contribution >= 0.6 is 15.9 Å². The lowest BCUT2D eigenvalue weighted by Gasteiger charge is -2.06. The fraction of sp³-hybridized carbons (Fsp3) is 0.364. The van der Waals surface area contributed by atoms with Crippen LogP contribution in [0, 0.1) is 5.92 Å². The van der Waals surface area contributed by atoms with Gasteiger partial charge in [-0.2, -0.15) is 0 Å². The van der Waals surface area contributed by atoms with Crippen LogP contribution in [0.4, 0.5) is 5.69 Å². The summed E-state index contributed by atoms with van der Waals surface area (Å²) in [4.78, 5) is 4.30. The van der Waals surface area contributed by atoms with Gasteiger partial charge in [-0.25, -0.2) is 4.99 Å². The van der Waals surface area contributed by atoms with E-state index in [9.17, 15) is 0 Å². The van der Waals surface area contributed by atoms with E-state index in [1.807, 2.05) is 32.0 Å². The topological polar surface area (TPSA) is 47.6 Å². The molecule has 0 aliphatic heterocycles. The third kappa shape index (κ3) is 3.23. The minimum absolute atomic E-state index is 0.255. The highest BCUT2D eigenvalue weighted by atomic mass is 79.9. The molecule has 0 spiro atoms. The van der Waals surface area contributed by atoms with Gasteiger partial charge in [-0.05, 0) is 34.1 Å². The molecule has 1 aromatic carbocycles. The molecule has 0 atom stereocenters. The molecule has 0 heterocycles. The molecule has 3 nitrogen and oxygen atoms in total. The van der Waals surface area contributed by atoms with E-state index >= 15 is 0 Å². The Hall–Kier alpha value is -1.03. The maximum absolute atomic E-state index is 5.77. The summed E-state index contributed by atoms with van der Waals surface area (Å²) >= 11 is 3.40. The summed E-state index contributed by atoms with van der Waals surface area (Å²) in [7, 11) is 1.63. The molecule has 0 radical (unpaired) electrons. The molecule has 1 aromatic rings. The number of aliphatic imine (C=N–C) groups is 1. The van der Waals surface area contributed by atoms with Crippen molar-refractivity contribution in [3.8, 4) is 5.75 Å². The first-order valence-corrected chi connectivity index (χ1v) is 5.51. The van der Waals surface area contributed by atoms with Gasteiger partial charge in [-0.3, -0.25) is 0 Å². The summed E-state index contributed by atoms with van der Waals surface area (Å²) in [5, 5.41) is 0. The first-order chi connectivity index (χ1) is 7.04. The molecule has 15 heavy (non-hydrogen) atoms. The van der Waals surface area contributed by atoms with Crippen molar-refractivity contribution in [3.63, 3.8) is 0 Å². The zero-order chi connectivity index (χ0) is 11.4. The van der Waals surface area contributed by atoms with Crippen molar-refractivity contribution in [1.82, 2.24) is 0 Å². The average Bonchev–Trinajstić information content (AvgIpc) is 2.18. The molecule has 0 saturated carbocycles. The molecule has 0 unspecified atom stereocenters. The summed E-state index contributed by atoms with van der Waals surface area (Å²) < 4.78 is 6.00. The Labute approximate surface area is 98.5 Å². The molecule has 0 aliphatic carbocycles. The van der Waals surface area contributed by atoms with Crippen LogP contribution in [0.1, 0.15) is 13.8 Å². The van der Waals surface area contributed by atoms with Gasteiger partial charge in [-0.1, -0.05) is 13.8 Å². The second kappa shape index (κ2) is 5.16. The molecule has 82 valence electrons. The van der Waals surface area contributed by atoms with Gasteiger partial charge < -0.3 is 10.5 Å². The van der Waals surface area contributed by atoms with Crippen LogP contribution in [-0.4, -0.2) is 12.9 Å². The van der Waals surface area contributed by atoms with Crippen LogP contribution in [0.15, 0.2) is 27.7 Å². The predicted molar refractivity (Wildman–Crippen MR) is 66.8 cm³/mol. The largest absolute Gasteiger partial charge is 0.496 e. The molecule has 4 heteroatoms. The van der Waals surface area contributed by atoms with Crippen molar-refractivity contribution in [2.24, 2.45) is 16.6 Å². The molecule has 0 saturated heterocycles. The van der Waals surface area contributed by atoms with Gasteiger partial charge in [0.2, 0.25) is 0 Å². The second-order valence-corrected chi connectivity index (χ2v) is 4.36. The van der Waals surface area contributed by atoms with Crippen LogP contribution in [0.5, 0.6) is 5.75 Å². The molecule has 2 N–H and O–H groups in total. The zero-order valence-corrected chi connectivity index (χ0v) is 10.7. The zero-order valence-electron chi connectivity index (χ0n) is 9.12. The highest BCUT2D eigenvalue weighted by Crippen LogP contribution is 2.29. The summed E-state index contributed by atoms with van der Waals surface area (Å²) in [6.45, 7) is 4.02. The highest BCUT2D eigenvalue weighted by molar-refractivity contribution is 9.10. The molecular formula is C11H15BrN2O. The van der Waals surface area contributed by atoms with Gasteiger partial charge in [-0.15, -0.1) is 0 Å². The SMILES string of the molecule is COc1ccc(N=C(N)C(C)C)cc1Br. The number of nitrogens with zero attached hydrogens (tertiary/aromatic N) is 1. The quantitative estimate of drug-likeness (QED) is 0.678. The van der Waals surface area contributed by atoms with Crippen molar-refractivity contribution in [2.75, 3.05) is 7.11 Å². The number of amidine groups is 1. The minimum Gasteiger partial charge on any atom is -0.496 e. The number of benzene rings is 1. The van der Waals surface area contributed by atoms with Crippen LogP contribution in [0.2, 0.25) is 0 Å². The summed E-state index contributed by atoms with van der Waals surface area (Å²) in [6.07, 6.45) is 0. The Bertz CT molecular complexity index is 375. The molecule has 0 bridgehead atoms. The summed E-state index contributed by atoms with van der Waals surface area (Å²) in [6, 6.07) is 5.61. The highest BCUT2D eigenvalue weighted by Gasteiger charge is 2.02. The van der Waals surface area contributed by atoms with Crippen molar-refractivity contribution in [3.05, 3.63) is 22.7 Å². The summed E-state index contributed by atoms with van der Waals surface area (Å²) in [5.41, 5.74) is 6.60. The first-order valence-electron chi connectivity index (χ1n) is 4.72. The monoisotopic (exact) mass is 270 g/mol. The maximum Gasteiger partial charge on any atom is 0.133 e. The fourth-order valence-electron chi connectivity index (χ4n) is 1.00. The second-order valence-electron chi connectivity index (χ2n) is 3.51. The predicted octanol–water partition coefficient (Wildman–Crippen LogP) is 3.10. The maximum atomic E-state index is 5.77. The number of halogens is 1. The lowest BCUT2D eigenvalue weighted by molar-refractivity contribution is 0.412. The molecular weight excluding hydrogens is 256 g/mol. The molecule has 0 aliphatic rings. The van der Waals surface area contributed by atoms with E-state index in [4.69, 9.17) is 10.5 Å². The fourth-order valence-corrected chi connectivity index (χ4v) is 1.53. The van der Waals surface area contributed by atoms with Crippen LogP contribution in [0.3, 0.4) is 0 Å². The van der Waals surface area contributed by atoms with E-state index in [1.165, 1.54) is 0 Å². The van der Waals surface area contributed by atoms with Gasteiger partial charge in [0.05, 0.1) is 17.3 Å². The Morgan fingerprint density at radius 3 is 2.60 bits per heavy atom. The van der Waals surface area contributed by atoms with E-state index in [0.29, 0.717) is 5.84 Å². The minimum atomic E-state index is 0.255. The number of hydrogen-bond acceptors (Lipinski definition) is 2. The number of nitrogens with two attached hydrogens (primary N) is 1. The number of rotatable bonds is 3. The number of ether oxygens (including phenoxy) is 1. The third-order valence-corrected chi connectivity index (χ3v) is 2.60. The van der Waals surface area contributed by atoms with Gasteiger partial charge in [0.1, 0.15) is 11.6 Å². The summed E-state index contributed by atoms with van der Waals surface area (Å²) in [5.74, 6) is 1.68. The lowest BCUT2D eigenvalue weighted by atomic mass is 10.2. The van der Waals surface area contributed by atoms with E-state index < -0.39 is 0 Å². The molecule has 0 aromatic heterocycles. The van der Waals surface area contributed by atoms with E-state index in [-0.39, 0.29) is 5.92 Å². The Morgan fingerprint density at radius 1 is 1.47 bits per heavy atom. The standard InChI is InChI=1S/C11H15BrN2O/c1-7(2)11(13)14-8-4-5-10(15-3)9(12)6-8/h4-7H,1-3H3,(H2,13,14). The lowest BCUT2D eigenvalue weighted by Crippen LogP contribution is -2.17. The Balaban J connectivity index is 2.98. The smallest absolute Gasteiger partial charge is 0.133 e.